The van der Waals surface area contributed by atoms with Crippen LogP contribution in [0.1, 0.15) is 19.3 Å². The third-order valence-corrected chi connectivity index (χ3v) is 4.27. The Balaban J connectivity index is 2.04. The summed E-state index contributed by atoms with van der Waals surface area (Å²) >= 11 is 1.72. The predicted octanol–water partition coefficient (Wildman–Crippen LogP) is 0.0661. The molecule has 1 aliphatic rings. The van der Waals surface area contributed by atoms with E-state index in [0.29, 0.717) is 24.0 Å². The number of piperidine rings is 1. The van der Waals surface area contributed by atoms with Crippen molar-refractivity contribution < 1.29 is 9.59 Å². The van der Waals surface area contributed by atoms with Gasteiger partial charge in [-0.05, 0) is 25.9 Å². The van der Waals surface area contributed by atoms with Gasteiger partial charge in [0.2, 0.25) is 11.8 Å². The second kappa shape index (κ2) is 8.37. The fourth-order valence-corrected chi connectivity index (χ4v) is 2.80. The minimum Gasteiger partial charge on any atom is -0.355 e. The van der Waals surface area contributed by atoms with Crippen LogP contribution in [-0.4, -0.2) is 61.4 Å². The number of nitrogens with zero attached hydrogens (tertiary/aromatic N) is 1. The van der Waals surface area contributed by atoms with Gasteiger partial charge in [0.25, 0.3) is 0 Å². The van der Waals surface area contributed by atoms with E-state index in [-0.39, 0.29) is 11.8 Å². The Kier molecular flexibility index (Phi) is 7.12. The average molecular weight is 273 g/mol. The number of hydrogen-bond donors (Lipinski definition) is 2. The van der Waals surface area contributed by atoms with Gasteiger partial charge in [0.15, 0.2) is 0 Å². The minimum atomic E-state index is 0.0325. The van der Waals surface area contributed by atoms with E-state index in [9.17, 15) is 9.59 Å². The number of carbonyl (C=O) groups excluding carboxylic acids is 2. The van der Waals surface area contributed by atoms with Crippen molar-refractivity contribution in [3.05, 3.63) is 0 Å². The second-order valence-corrected chi connectivity index (χ2v) is 5.94. The Morgan fingerprint density at radius 1 is 1.33 bits per heavy atom. The van der Waals surface area contributed by atoms with Crippen molar-refractivity contribution in [3.63, 3.8) is 0 Å². The molecule has 0 aliphatic carbocycles. The predicted molar refractivity (Wildman–Crippen MR) is 74.7 cm³/mol. The molecule has 0 spiro atoms. The summed E-state index contributed by atoms with van der Waals surface area (Å²) in [5.74, 6) is 0.576. The van der Waals surface area contributed by atoms with Crippen LogP contribution < -0.4 is 10.6 Å². The van der Waals surface area contributed by atoms with Crippen LogP contribution in [0.2, 0.25) is 0 Å². The largest absolute Gasteiger partial charge is 0.355 e. The molecule has 0 aromatic rings. The van der Waals surface area contributed by atoms with E-state index in [2.05, 4.69) is 10.6 Å². The van der Waals surface area contributed by atoms with Crippen LogP contribution in [0.4, 0.5) is 0 Å². The lowest BCUT2D eigenvalue weighted by molar-refractivity contribution is -0.128. The van der Waals surface area contributed by atoms with Crippen molar-refractivity contribution in [2.45, 2.75) is 24.5 Å². The van der Waals surface area contributed by atoms with Crippen molar-refractivity contribution in [1.82, 2.24) is 15.5 Å². The number of carbonyl (C=O) groups is 2. The van der Waals surface area contributed by atoms with Gasteiger partial charge in [-0.3, -0.25) is 9.59 Å². The highest BCUT2D eigenvalue weighted by molar-refractivity contribution is 8.00. The van der Waals surface area contributed by atoms with Crippen LogP contribution in [0.3, 0.4) is 0 Å². The maximum absolute atomic E-state index is 11.6. The molecule has 0 aromatic carbocycles. The van der Waals surface area contributed by atoms with Gasteiger partial charge in [0, 0.05) is 32.3 Å². The first-order chi connectivity index (χ1) is 8.59. The highest BCUT2D eigenvalue weighted by Gasteiger charge is 2.14. The van der Waals surface area contributed by atoms with E-state index in [1.807, 2.05) is 0 Å². The number of hydrogen-bond acceptors (Lipinski definition) is 4. The van der Waals surface area contributed by atoms with E-state index in [1.165, 1.54) is 4.90 Å². The average Bonchev–Trinajstić information content (AvgIpc) is 2.37. The maximum atomic E-state index is 11.6. The summed E-state index contributed by atoms with van der Waals surface area (Å²) in [6.45, 7) is 2.54. The van der Waals surface area contributed by atoms with Gasteiger partial charge in [-0.25, -0.2) is 0 Å². The normalized spacial score (nSPS) is 16.3. The fraction of sp³-hybridized carbons (Fsp3) is 0.833. The lowest BCUT2D eigenvalue weighted by atomic mass is 10.2. The topological polar surface area (TPSA) is 61.4 Å². The standard InChI is InChI=1S/C12H23N3O2S/c1-15(2)12(17)5-8-14-11(16)9-18-10-3-6-13-7-4-10/h10,13H,3-9H2,1-2H3,(H,14,16). The molecule has 5 nitrogen and oxygen atoms in total. The molecule has 0 aromatic heterocycles. The summed E-state index contributed by atoms with van der Waals surface area (Å²) in [7, 11) is 3.44. The number of thioether (sulfide) groups is 1. The van der Waals surface area contributed by atoms with Crippen LogP contribution in [0, 0.1) is 0 Å². The maximum Gasteiger partial charge on any atom is 0.230 e. The lowest BCUT2D eigenvalue weighted by Gasteiger charge is -2.21. The van der Waals surface area contributed by atoms with Gasteiger partial charge in [-0.15, -0.1) is 11.8 Å². The zero-order chi connectivity index (χ0) is 13.4. The number of rotatable bonds is 6. The molecule has 6 heteroatoms. The van der Waals surface area contributed by atoms with E-state index in [4.69, 9.17) is 0 Å². The zero-order valence-corrected chi connectivity index (χ0v) is 12.0. The quantitative estimate of drug-likeness (QED) is 0.719. The SMILES string of the molecule is CN(C)C(=O)CCNC(=O)CSC1CCNCC1. The molecule has 104 valence electrons. The molecule has 1 saturated heterocycles. The smallest absolute Gasteiger partial charge is 0.230 e. The molecule has 0 atom stereocenters. The van der Waals surface area contributed by atoms with Crippen molar-refractivity contribution in [2.24, 2.45) is 0 Å². The molecule has 2 N–H and O–H groups in total. The van der Waals surface area contributed by atoms with Gasteiger partial charge in [-0.1, -0.05) is 0 Å². The third-order valence-electron chi connectivity index (χ3n) is 2.90. The van der Waals surface area contributed by atoms with Gasteiger partial charge in [0.05, 0.1) is 5.75 Å². The molecule has 2 amide bonds. The third kappa shape index (κ3) is 6.26. The van der Waals surface area contributed by atoms with Crippen molar-refractivity contribution in [2.75, 3.05) is 39.5 Å². The van der Waals surface area contributed by atoms with E-state index in [0.717, 1.165) is 25.9 Å². The van der Waals surface area contributed by atoms with E-state index in [1.54, 1.807) is 25.9 Å². The van der Waals surface area contributed by atoms with Crippen molar-refractivity contribution >= 4 is 23.6 Å². The summed E-state index contributed by atoms with van der Waals surface area (Å²) in [6.07, 6.45) is 2.64. The molecule has 1 aliphatic heterocycles. The number of amides is 2. The Labute approximate surface area is 113 Å². The van der Waals surface area contributed by atoms with Gasteiger partial charge in [0.1, 0.15) is 0 Å². The molecule has 1 heterocycles. The summed E-state index contributed by atoms with van der Waals surface area (Å²) in [5.41, 5.74) is 0. The van der Waals surface area contributed by atoms with Crippen LogP contribution in [0.25, 0.3) is 0 Å². The van der Waals surface area contributed by atoms with E-state index >= 15 is 0 Å². The second-order valence-electron chi connectivity index (χ2n) is 4.65. The van der Waals surface area contributed by atoms with Crippen molar-refractivity contribution in [1.29, 1.82) is 0 Å². The molecular formula is C12H23N3O2S. The summed E-state index contributed by atoms with van der Waals surface area (Å²) in [5, 5.41) is 6.69. The molecule has 0 radical (unpaired) electrons. The molecule has 0 bridgehead atoms. The van der Waals surface area contributed by atoms with E-state index < -0.39 is 0 Å². The molecular weight excluding hydrogens is 250 g/mol. The lowest BCUT2D eigenvalue weighted by Crippen LogP contribution is -2.33. The summed E-state index contributed by atoms with van der Waals surface area (Å²) in [6, 6.07) is 0. The Bertz CT molecular complexity index is 278. The summed E-state index contributed by atoms with van der Waals surface area (Å²) in [4.78, 5) is 24.4. The van der Waals surface area contributed by atoms with Crippen LogP contribution in [-0.2, 0) is 9.59 Å². The Morgan fingerprint density at radius 2 is 2.00 bits per heavy atom. The summed E-state index contributed by atoms with van der Waals surface area (Å²) < 4.78 is 0. The molecule has 18 heavy (non-hydrogen) atoms. The monoisotopic (exact) mass is 273 g/mol. The van der Waals surface area contributed by atoms with Crippen molar-refractivity contribution in [3.8, 4) is 0 Å². The van der Waals surface area contributed by atoms with Gasteiger partial charge in [-0.2, -0.15) is 0 Å². The minimum absolute atomic E-state index is 0.0325. The van der Waals surface area contributed by atoms with Gasteiger partial charge < -0.3 is 15.5 Å². The molecule has 0 saturated carbocycles. The first-order valence-corrected chi connectivity index (χ1v) is 7.43. The zero-order valence-electron chi connectivity index (χ0n) is 11.2. The van der Waals surface area contributed by atoms with Crippen LogP contribution in [0.15, 0.2) is 0 Å². The Morgan fingerprint density at radius 3 is 2.61 bits per heavy atom. The van der Waals surface area contributed by atoms with Crippen LogP contribution in [0.5, 0.6) is 0 Å². The first-order valence-electron chi connectivity index (χ1n) is 6.38. The Hall–Kier alpha value is -0.750. The molecule has 1 rings (SSSR count). The number of nitrogens with one attached hydrogen (secondary N) is 2. The fourth-order valence-electron chi connectivity index (χ4n) is 1.74. The first kappa shape index (κ1) is 15.3. The van der Waals surface area contributed by atoms with Gasteiger partial charge >= 0.3 is 0 Å². The molecule has 1 fully saturated rings. The van der Waals surface area contributed by atoms with Crippen LogP contribution >= 0.6 is 11.8 Å². The highest BCUT2D eigenvalue weighted by Crippen LogP contribution is 2.19. The highest BCUT2D eigenvalue weighted by atomic mass is 32.2. The molecule has 0 unspecified atom stereocenters.